The molecule has 8 heteroatoms. The lowest BCUT2D eigenvalue weighted by Gasteiger charge is -2.06. The molecule has 20 heavy (non-hydrogen) atoms. The molecule has 0 aliphatic heterocycles. The van der Waals surface area contributed by atoms with Crippen LogP contribution in [0.2, 0.25) is 0 Å². The molecule has 0 radical (unpaired) electrons. The zero-order chi connectivity index (χ0) is 14.7. The summed E-state index contributed by atoms with van der Waals surface area (Å²) in [5.74, 6) is -1.55. The first-order valence-electron chi connectivity index (χ1n) is 5.49. The number of hydrogen-bond acceptors (Lipinski definition) is 3. The number of aromatic carboxylic acids is 1. The van der Waals surface area contributed by atoms with E-state index in [1.165, 1.54) is 29.1 Å². The molecule has 0 aliphatic rings. The van der Waals surface area contributed by atoms with Crippen molar-refractivity contribution in [1.82, 2.24) is 9.78 Å². The van der Waals surface area contributed by atoms with Crippen LogP contribution < -0.4 is 5.73 Å². The van der Waals surface area contributed by atoms with E-state index in [0.717, 1.165) is 6.07 Å². The summed E-state index contributed by atoms with van der Waals surface area (Å²) in [7, 11) is 0. The van der Waals surface area contributed by atoms with Gasteiger partial charge in [0.05, 0.1) is 17.3 Å². The number of hydrogen-bond donors (Lipinski definition) is 2. The van der Waals surface area contributed by atoms with Crippen molar-refractivity contribution in [3.8, 4) is 5.69 Å². The van der Waals surface area contributed by atoms with Gasteiger partial charge in [0.1, 0.15) is 11.7 Å². The van der Waals surface area contributed by atoms with Crippen molar-refractivity contribution in [2.24, 2.45) is 10.7 Å². The number of nitrogens with zero attached hydrogens (tertiary/aromatic N) is 3. The predicted molar refractivity (Wildman–Crippen MR) is 72.5 cm³/mol. The fourth-order valence-corrected chi connectivity index (χ4v) is 1.60. The number of halogens is 2. The largest absolute Gasteiger partial charge is 0.476 e. The van der Waals surface area contributed by atoms with Gasteiger partial charge in [0.25, 0.3) is 0 Å². The van der Waals surface area contributed by atoms with Crippen LogP contribution >= 0.6 is 11.6 Å². The molecule has 2 aromatic rings. The Balaban J connectivity index is 2.52. The van der Waals surface area contributed by atoms with Crippen molar-refractivity contribution in [2.75, 3.05) is 5.88 Å². The van der Waals surface area contributed by atoms with Gasteiger partial charge in [-0.25, -0.2) is 18.9 Å². The summed E-state index contributed by atoms with van der Waals surface area (Å²) in [6.45, 7) is 0. The topological polar surface area (TPSA) is 93.5 Å². The molecular formula is C12H10ClFN4O2. The zero-order valence-electron chi connectivity index (χ0n) is 10.1. The molecule has 0 amide bonds. The lowest BCUT2D eigenvalue weighted by atomic mass is 10.2. The molecule has 0 unspecified atom stereocenters. The first-order chi connectivity index (χ1) is 9.51. The highest BCUT2D eigenvalue weighted by molar-refractivity contribution is 6.28. The van der Waals surface area contributed by atoms with E-state index >= 15 is 0 Å². The number of aliphatic imine (C=N–C) groups is 1. The van der Waals surface area contributed by atoms with Crippen molar-refractivity contribution in [2.45, 2.75) is 0 Å². The molecule has 1 aromatic carbocycles. The molecule has 2 rings (SSSR count). The van der Waals surface area contributed by atoms with E-state index in [-0.39, 0.29) is 23.1 Å². The normalized spacial score (nSPS) is 11.6. The standard InChI is InChI=1S/C12H10ClFN4O2/c13-6-11(15)16-9-5-7(14)1-2-10(9)18-4-3-8(17-18)12(19)20/h1-5H,6H2,(H2,15,16)(H,19,20). The summed E-state index contributed by atoms with van der Waals surface area (Å²) in [6.07, 6.45) is 1.44. The first-order valence-corrected chi connectivity index (χ1v) is 6.02. The lowest BCUT2D eigenvalue weighted by Crippen LogP contribution is -2.12. The van der Waals surface area contributed by atoms with Crippen LogP contribution in [-0.4, -0.2) is 32.6 Å². The first kappa shape index (κ1) is 14.0. The Labute approximate surface area is 118 Å². The minimum atomic E-state index is -1.16. The third-order valence-electron chi connectivity index (χ3n) is 2.39. The quantitative estimate of drug-likeness (QED) is 0.512. The Hall–Kier alpha value is -2.41. The van der Waals surface area contributed by atoms with E-state index in [0.29, 0.717) is 5.69 Å². The Morgan fingerprint density at radius 1 is 1.50 bits per heavy atom. The molecule has 0 spiro atoms. The highest BCUT2D eigenvalue weighted by Crippen LogP contribution is 2.24. The molecule has 0 aliphatic carbocycles. The Bertz CT molecular complexity index is 684. The number of carboxylic acid groups (broad SMARTS) is 1. The van der Waals surface area contributed by atoms with Crippen LogP contribution in [-0.2, 0) is 0 Å². The average molecular weight is 297 g/mol. The molecule has 3 N–H and O–H groups in total. The van der Waals surface area contributed by atoms with Crippen LogP contribution in [0, 0.1) is 5.82 Å². The van der Waals surface area contributed by atoms with Gasteiger partial charge >= 0.3 is 5.97 Å². The summed E-state index contributed by atoms with van der Waals surface area (Å²) < 4.78 is 14.6. The summed E-state index contributed by atoms with van der Waals surface area (Å²) >= 11 is 5.54. The van der Waals surface area contributed by atoms with E-state index in [1.54, 1.807) is 0 Å². The van der Waals surface area contributed by atoms with Crippen molar-refractivity contribution in [3.63, 3.8) is 0 Å². The van der Waals surface area contributed by atoms with Crippen LogP contribution in [0.5, 0.6) is 0 Å². The number of amidine groups is 1. The maximum absolute atomic E-state index is 13.3. The summed E-state index contributed by atoms with van der Waals surface area (Å²) in [5.41, 5.74) is 6.00. The fourth-order valence-electron chi connectivity index (χ4n) is 1.54. The maximum Gasteiger partial charge on any atom is 0.356 e. The third kappa shape index (κ3) is 2.94. The minimum Gasteiger partial charge on any atom is -0.476 e. The summed E-state index contributed by atoms with van der Waals surface area (Å²) in [4.78, 5) is 14.8. The van der Waals surface area contributed by atoms with Crippen LogP contribution in [0.4, 0.5) is 10.1 Å². The second kappa shape index (κ2) is 5.70. The van der Waals surface area contributed by atoms with E-state index in [4.69, 9.17) is 22.4 Å². The van der Waals surface area contributed by atoms with Crippen LogP contribution in [0.25, 0.3) is 5.69 Å². The SMILES string of the molecule is NC(CCl)=Nc1cc(F)ccc1-n1ccc(C(=O)O)n1. The Morgan fingerprint density at radius 3 is 2.85 bits per heavy atom. The molecule has 1 aromatic heterocycles. The maximum atomic E-state index is 13.3. The molecule has 6 nitrogen and oxygen atoms in total. The Kier molecular flexibility index (Phi) is 3.99. The highest BCUT2D eigenvalue weighted by atomic mass is 35.5. The highest BCUT2D eigenvalue weighted by Gasteiger charge is 2.11. The number of rotatable bonds is 4. The molecule has 104 valence electrons. The van der Waals surface area contributed by atoms with E-state index in [2.05, 4.69) is 10.1 Å². The summed E-state index contributed by atoms with van der Waals surface area (Å²) in [5, 5.41) is 12.7. The molecule has 0 saturated carbocycles. The van der Waals surface area contributed by atoms with Gasteiger partial charge in [-0.05, 0) is 18.2 Å². The van der Waals surface area contributed by atoms with Crippen LogP contribution in [0.3, 0.4) is 0 Å². The van der Waals surface area contributed by atoms with Crippen molar-refractivity contribution in [3.05, 3.63) is 42.0 Å². The van der Waals surface area contributed by atoms with Gasteiger partial charge < -0.3 is 10.8 Å². The van der Waals surface area contributed by atoms with E-state index < -0.39 is 11.8 Å². The van der Waals surface area contributed by atoms with Gasteiger partial charge in [0.15, 0.2) is 5.69 Å². The lowest BCUT2D eigenvalue weighted by molar-refractivity contribution is 0.0690. The molecule has 0 bridgehead atoms. The van der Waals surface area contributed by atoms with Crippen molar-refractivity contribution < 1.29 is 14.3 Å². The number of aromatic nitrogens is 2. The number of carboxylic acids is 1. The van der Waals surface area contributed by atoms with Gasteiger partial charge in [0.2, 0.25) is 0 Å². The summed E-state index contributed by atoms with van der Waals surface area (Å²) in [6, 6.07) is 5.13. The zero-order valence-corrected chi connectivity index (χ0v) is 10.9. The van der Waals surface area contributed by atoms with Gasteiger partial charge in [0, 0.05) is 12.3 Å². The number of nitrogens with two attached hydrogens (primary N) is 1. The number of alkyl halides is 1. The average Bonchev–Trinajstić information content (AvgIpc) is 2.88. The molecular weight excluding hydrogens is 287 g/mol. The molecule has 0 atom stereocenters. The van der Waals surface area contributed by atoms with Crippen LogP contribution in [0.15, 0.2) is 35.5 Å². The van der Waals surface area contributed by atoms with Gasteiger partial charge in [-0.3, -0.25) is 0 Å². The monoisotopic (exact) mass is 296 g/mol. The second-order valence-electron chi connectivity index (χ2n) is 3.82. The van der Waals surface area contributed by atoms with Crippen molar-refractivity contribution >= 4 is 29.1 Å². The molecule has 1 heterocycles. The van der Waals surface area contributed by atoms with E-state index in [9.17, 15) is 9.18 Å². The van der Waals surface area contributed by atoms with Gasteiger partial charge in [-0.15, -0.1) is 11.6 Å². The smallest absolute Gasteiger partial charge is 0.356 e. The second-order valence-corrected chi connectivity index (χ2v) is 4.09. The number of carbonyl (C=O) groups is 1. The van der Waals surface area contributed by atoms with Gasteiger partial charge in [-0.2, -0.15) is 5.10 Å². The molecule has 0 saturated heterocycles. The minimum absolute atomic E-state index is 0.00453. The van der Waals surface area contributed by atoms with Crippen molar-refractivity contribution in [1.29, 1.82) is 0 Å². The molecule has 0 fully saturated rings. The predicted octanol–water partition coefficient (Wildman–Crippen LogP) is 1.94. The number of benzene rings is 1. The Morgan fingerprint density at radius 2 is 2.25 bits per heavy atom. The fraction of sp³-hybridized carbons (Fsp3) is 0.0833. The van der Waals surface area contributed by atoms with Gasteiger partial charge in [-0.1, -0.05) is 0 Å². The third-order valence-corrected chi connectivity index (χ3v) is 2.67. The van der Waals surface area contributed by atoms with Crippen LogP contribution in [0.1, 0.15) is 10.5 Å². The van der Waals surface area contributed by atoms with E-state index in [1.807, 2.05) is 0 Å².